The molecule has 4 nitrogen and oxygen atoms in total. The highest BCUT2D eigenvalue weighted by Gasteiger charge is 2.34. The molecule has 1 saturated heterocycles. The number of nitrogens with one attached hydrogen (secondary N) is 1. The Morgan fingerprint density at radius 3 is 2.52 bits per heavy atom. The fourth-order valence-corrected chi connectivity index (χ4v) is 3.25. The third-order valence-corrected chi connectivity index (χ3v) is 4.70. The maximum absolute atomic E-state index is 12.4. The summed E-state index contributed by atoms with van der Waals surface area (Å²) in [5.41, 5.74) is 6.79. The van der Waals surface area contributed by atoms with Gasteiger partial charge in [-0.25, -0.2) is 0 Å². The number of hydrogen-bond donors (Lipinski definition) is 2. The van der Waals surface area contributed by atoms with E-state index in [0.717, 1.165) is 24.7 Å². The van der Waals surface area contributed by atoms with Gasteiger partial charge in [-0.05, 0) is 37.3 Å². The van der Waals surface area contributed by atoms with Gasteiger partial charge in [0.2, 0.25) is 5.91 Å². The molecule has 2 fully saturated rings. The van der Waals surface area contributed by atoms with Gasteiger partial charge in [0.25, 0.3) is 0 Å². The van der Waals surface area contributed by atoms with Crippen LogP contribution < -0.4 is 11.1 Å². The van der Waals surface area contributed by atoms with Crippen molar-refractivity contribution in [1.29, 1.82) is 0 Å². The third-order valence-electron chi connectivity index (χ3n) is 4.70. The predicted molar refractivity (Wildman–Crippen MR) is 98.4 cm³/mol. The Labute approximate surface area is 151 Å². The molecule has 0 spiro atoms. The molecule has 1 aliphatic heterocycles. The molecule has 1 aromatic rings. The zero-order valence-electron chi connectivity index (χ0n) is 13.3. The first-order valence-electron chi connectivity index (χ1n) is 8.04. The Bertz CT molecular complexity index is 482. The molecule has 0 aromatic heterocycles. The van der Waals surface area contributed by atoms with Crippen LogP contribution in [-0.2, 0) is 4.79 Å². The molecule has 2 atom stereocenters. The Balaban J connectivity index is 0.00000132. The Kier molecular flexibility index (Phi) is 8.34. The average molecular weight is 360 g/mol. The lowest BCUT2D eigenvalue weighted by atomic mass is 9.98. The van der Waals surface area contributed by atoms with Crippen LogP contribution in [-0.4, -0.2) is 43.0 Å². The quantitative estimate of drug-likeness (QED) is 0.818. The molecule has 6 heteroatoms. The third kappa shape index (κ3) is 5.35. The van der Waals surface area contributed by atoms with Crippen LogP contribution in [0.2, 0.25) is 0 Å². The molecule has 0 bridgehead atoms. The second-order valence-electron chi connectivity index (χ2n) is 6.32. The van der Waals surface area contributed by atoms with E-state index >= 15 is 0 Å². The lowest BCUT2D eigenvalue weighted by molar-refractivity contribution is -0.122. The van der Waals surface area contributed by atoms with Gasteiger partial charge >= 0.3 is 0 Å². The Morgan fingerprint density at radius 1 is 1.22 bits per heavy atom. The van der Waals surface area contributed by atoms with E-state index in [9.17, 15) is 4.79 Å². The second-order valence-corrected chi connectivity index (χ2v) is 6.32. The van der Waals surface area contributed by atoms with E-state index in [1.54, 1.807) is 0 Å². The molecule has 0 radical (unpaired) electrons. The van der Waals surface area contributed by atoms with Gasteiger partial charge in [-0.3, -0.25) is 4.79 Å². The minimum Gasteiger partial charge on any atom is -0.355 e. The summed E-state index contributed by atoms with van der Waals surface area (Å²) >= 11 is 0. The van der Waals surface area contributed by atoms with Gasteiger partial charge in [0, 0.05) is 25.7 Å². The van der Waals surface area contributed by atoms with Crippen molar-refractivity contribution in [3.8, 4) is 0 Å². The van der Waals surface area contributed by atoms with Crippen molar-refractivity contribution in [2.45, 2.75) is 31.2 Å². The van der Waals surface area contributed by atoms with E-state index < -0.39 is 0 Å². The molecule has 1 heterocycles. The number of amides is 1. The van der Waals surface area contributed by atoms with Gasteiger partial charge in [0.1, 0.15) is 0 Å². The number of benzene rings is 1. The highest BCUT2D eigenvalue weighted by molar-refractivity contribution is 5.85. The monoisotopic (exact) mass is 359 g/mol. The lowest BCUT2D eigenvalue weighted by Crippen LogP contribution is -2.37. The molecule has 23 heavy (non-hydrogen) atoms. The predicted octanol–water partition coefficient (Wildman–Crippen LogP) is 2.17. The second kappa shape index (κ2) is 9.48. The summed E-state index contributed by atoms with van der Waals surface area (Å²) in [4.78, 5) is 14.9. The van der Waals surface area contributed by atoms with E-state index in [2.05, 4.69) is 10.2 Å². The zero-order valence-corrected chi connectivity index (χ0v) is 15.0. The van der Waals surface area contributed by atoms with Crippen LogP contribution in [0.15, 0.2) is 30.3 Å². The van der Waals surface area contributed by atoms with E-state index in [-0.39, 0.29) is 36.6 Å². The van der Waals surface area contributed by atoms with Crippen LogP contribution in [0.25, 0.3) is 0 Å². The van der Waals surface area contributed by atoms with Crippen LogP contribution in [0, 0.1) is 5.92 Å². The molecule has 2 unspecified atom stereocenters. The first-order valence-corrected chi connectivity index (χ1v) is 8.04. The number of hydrogen-bond acceptors (Lipinski definition) is 3. The highest BCUT2D eigenvalue weighted by atomic mass is 35.5. The van der Waals surface area contributed by atoms with Gasteiger partial charge in [0.15, 0.2) is 0 Å². The standard InChI is InChI=1S/C17H25N3O.2ClH/c18-10-16(14-4-2-1-3-5-14)17(21)19-11-13-8-9-20(12-13)15-6-7-15;;/h1-5,13,15-16H,6-12,18H2,(H,19,21);2*1H. The maximum atomic E-state index is 12.4. The van der Waals surface area contributed by atoms with Crippen molar-refractivity contribution in [3.63, 3.8) is 0 Å². The zero-order chi connectivity index (χ0) is 14.7. The van der Waals surface area contributed by atoms with Crippen LogP contribution in [0.4, 0.5) is 0 Å². The Hall–Kier alpha value is -0.810. The SMILES string of the molecule is Cl.Cl.NCC(C(=O)NCC1CCN(C2CC2)C1)c1ccccc1. The molecular weight excluding hydrogens is 333 g/mol. The lowest BCUT2D eigenvalue weighted by Gasteiger charge is -2.18. The summed E-state index contributed by atoms with van der Waals surface area (Å²) in [7, 11) is 0. The first kappa shape index (κ1) is 20.2. The first-order chi connectivity index (χ1) is 10.3. The van der Waals surface area contributed by atoms with Crippen molar-refractivity contribution in [1.82, 2.24) is 10.2 Å². The van der Waals surface area contributed by atoms with Crippen molar-refractivity contribution < 1.29 is 4.79 Å². The van der Waals surface area contributed by atoms with Crippen molar-refractivity contribution in [3.05, 3.63) is 35.9 Å². The van der Waals surface area contributed by atoms with Crippen molar-refractivity contribution in [2.75, 3.05) is 26.2 Å². The molecule has 1 aromatic carbocycles. The summed E-state index contributed by atoms with van der Waals surface area (Å²) in [5.74, 6) is 0.435. The molecule has 1 aliphatic carbocycles. The fraction of sp³-hybridized carbons (Fsp3) is 0.588. The van der Waals surface area contributed by atoms with Crippen LogP contribution in [0.3, 0.4) is 0 Å². The molecule has 1 saturated carbocycles. The summed E-state index contributed by atoms with van der Waals surface area (Å²) in [6, 6.07) is 10.7. The number of rotatable bonds is 6. The molecular formula is C17H27Cl2N3O. The highest BCUT2D eigenvalue weighted by Crippen LogP contribution is 2.31. The number of carbonyl (C=O) groups is 1. The van der Waals surface area contributed by atoms with E-state index in [0.29, 0.717) is 12.5 Å². The van der Waals surface area contributed by atoms with Gasteiger partial charge in [-0.1, -0.05) is 30.3 Å². The van der Waals surface area contributed by atoms with E-state index in [4.69, 9.17) is 5.73 Å². The van der Waals surface area contributed by atoms with Gasteiger partial charge in [0.05, 0.1) is 5.92 Å². The number of likely N-dealkylation sites (tertiary alicyclic amines) is 1. The summed E-state index contributed by atoms with van der Waals surface area (Å²) < 4.78 is 0. The summed E-state index contributed by atoms with van der Waals surface area (Å²) in [6.07, 6.45) is 3.93. The van der Waals surface area contributed by atoms with Gasteiger partial charge < -0.3 is 16.0 Å². The van der Waals surface area contributed by atoms with Gasteiger partial charge in [-0.15, -0.1) is 24.8 Å². The number of nitrogens with two attached hydrogens (primary N) is 1. The largest absolute Gasteiger partial charge is 0.355 e. The molecule has 3 rings (SSSR count). The molecule has 3 N–H and O–H groups in total. The van der Waals surface area contributed by atoms with E-state index in [1.807, 2.05) is 30.3 Å². The van der Waals surface area contributed by atoms with Crippen molar-refractivity contribution in [2.24, 2.45) is 11.7 Å². The smallest absolute Gasteiger partial charge is 0.228 e. The number of carbonyl (C=O) groups excluding carboxylic acids is 1. The molecule has 2 aliphatic rings. The molecule has 130 valence electrons. The normalized spacial score (nSPS) is 21.9. The fourth-order valence-electron chi connectivity index (χ4n) is 3.25. The maximum Gasteiger partial charge on any atom is 0.228 e. The number of halogens is 2. The van der Waals surface area contributed by atoms with Crippen LogP contribution in [0.5, 0.6) is 0 Å². The van der Waals surface area contributed by atoms with Gasteiger partial charge in [-0.2, -0.15) is 0 Å². The summed E-state index contributed by atoms with van der Waals surface area (Å²) in [6.45, 7) is 3.48. The van der Waals surface area contributed by atoms with Crippen LogP contribution in [0.1, 0.15) is 30.7 Å². The minimum absolute atomic E-state index is 0. The van der Waals surface area contributed by atoms with Crippen molar-refractivity contribution >= 4 is 30.7 Å². The summed E-state index contributed by atoms with van der Waals surface area (Å²) in [5, 5.41) is 3.11. The Morgan fingerprint density at radius 2 is 1.91 bits per heavy atom. The van der Waals surface area contributed by atoms with Crippen LogP contribution >= 0.6 is 24.8 Å². The average Bonchev–Trinajstić information content (AvgIpc) is 3.26. The minimum atomic E-state index is -0.230. The molecule has 1 amide bonds. The topological polar surface area (TPSA) is 58.4 Å². The van der Waals surface area contributed by atoms with E-state index in [1.165, 1.54) is 25.8 Å². The number of nitrogens with zero attached hydrogens (tertiary/aromatic N) is 1.